The highest BCUT2D eigenvalue weighted by Crippen LogP contribution is 2.47. The highest BCUT2D eigenvalue weighted by atomic mass is 32.2. The predicted octanol–water partition coefficient (Wildman–Crippen LogP) is 3.25. The maximum absolute atomic E-state index is 4.10. The molecule has 84 valence electrons. The maximum atomic E-state index is 4.10. The summed E-state index contributed by atoms with van der Waals surface area (Å²) in [5.41, 5.74) is 0. The summed E-state index contributed by atoms with van der Waals surface area (Å²) in [7, 11) is 0. The Morgan fingerprint density at radius 1 is 1.60 bits per heavy atom. The molecule has 0 saturated carbocycles. The summed E-state index contributed by atoms with van der Waals surface area (Å²) >= 11 is 4.24. The van der Waals surface area contributed by atoms with Gasteiger partial charge >= 0.3 is 0 Å². The summed E-state index contributed by atoms with van der Waals surface area (Å²) < 4.78 is 2.53. The van der Waals surface area contributed by atoms with Gasteiger partial charge in [-0.25, -0.2) is 4.98 Å². The zero-order valence-electron chi connectivity index (χ0n) is 9.35. The van der Waals surface area contributed by atoms with Crippen LogP contribution in [0.3, 0.4) is 0 Å². The summed E-state index contributed by atoms with van der Waals surface area (Å²) in [4.78, 5) is 4.10. The molecule has 0 N–H and O–H groups in total. The van der Waals surface area contributed by atoms with Crippen molar-refractivity contribution in [2.75, 3.05) is 5.75 Å². The number of nitrogens with zero attached hydrogens (tertiary/aromatic N) is 2. The minimum absolute atomic E-state index is 0.333. The van der Waals surface area contributed by atoms with Gasteiger partial charge in [0.25, 0.3) is 0 Å². The summed E-state index contributed by atoms with van der Waals surface area (Å²) in [5, 5.41) is 0.847. The number of thioether (sulfide) groups is 2. The van der Waals surface area contributed by atoms with E-state index >= 15 is 0 Å². The van der Waals surface area contributed by atoms with Gasteiger partial charge in [0.05, 0.1) is 10.4 Å². The molecule has 0 aromatic carbocycles. The molecule has 1 saturated heterocycles. The van der Waals surface area contributed by atoms with Crippen LogP contribution in [-0.2, 0) is 6.54 Å². The van der Waals surface area contributed by atoms with Crippen molar-refractivity contribution >= 4 is 23.5 Å². The fraction of sp³-hybridized carbons (Fsp3) is 0.727. The Morgan fingerprint density at radius 3 is 3.13 bits per heavy atom. The van der Waals surface area contributed by atoms with E-state index in [9.17, 15) is 0 Å². The van der Waals surface area contributed by atoms with Crippen LogP contribution in [-0.4, -0.2) is 24.6 Å². The van der Waals surface area contributed by atoms with Crippen molar-refractivity contribution in [3.63, 3.8) is 0 Å². The van der Waals surface area contributed by atoms with Crippen LogP contribution in [0, 0.1) is 0 Å². The molecule has 1 aliphatic rings. The van der Waals surface area contributed by atoms with Crippen LogP contribution in [0.15, 0.2) is 18.7 Å². The fourth-order valence-corrected chi connectivity index (χ4v) is 5.42. The molecule has 4 heteroatoms. The molecule has 2 atom stereocenters. The summed E-state index contributed by atoms with van der Waals surface area (Å²) in [6.07, 6.45) is 8.50. The average Bonchev–Trinajstić information content (AvgIpc) is 2.69. The molecule has 1 aliphatic heterocycles. The largest absolute Gasteiger partial charge is 0.335 e. The third kappa shape index (κ3) is 2.94. The molecule has 0 bridgehead atoms. The van der Waals surface area contributed by atoms with Crippen molar-refractivity contribution in [3.8, 4) is 0 Å². The number of aromatic nitrogens is 2. The lowest BCUT2D eigenvalue weighted by Gasteiger charge is -2.37. The van der Waals surface area contributed by atoms with E-state index in [-0.39, 0.29) is 0 Å². The van der Waals surface area contributed by atoms with Crippen molar-refractivity contribution in [2.45, 2.75) is 42.6 Å². The van der Waals surface area contributed by atoms with E-state index in [1.54, 1.807) is 0 Å². The van der Waals surface area contributed by atoms with E-state index < -0.39 is 0 Å². The van der Waals surface area contributed by atoms with Crippen molar-refractivity contribution in [1.29, 1.82) is 0 Å². The first kappa shape index (κ1) is 11.4. The zero-order valence-corrected chi connectivity index (χ0v) is 11.0. The number of rotatable bonds is 3. The maximum Gasteiger partial charge on any atom is 0.0946 e. The van der Waals surface area contributed by atoms with Gasteiger partial charge in [-0.05, 0) is 25.5 Å². The van der Waals surface area contributed by atoms with Gasteiger partial charge < -0.3 is 4.57 Å². The minimum atomic E-state index is 0.333. The first-order chi connectivity index (χ1) is 7.22. The van der Waals surface area contributed by atoms with Crippen LogP contribution >= 0.6 is 23.5 Å². The van der Waals surface area contributed by atoms with Crippen LogP contribution in [0.1, 0.15) is 26.7 Å². The van der Waals surface area contributed by atoms with E-state index in [1.165, 1.54) is 18.6 Å². The molecule has 0 amide bonds. The van der Waals surface area contributed by atoms with Gasteiger partial charge in [-0.15, -0.1) is 23.5 Å². The Labute approximate surface area is 100 Å². The van der Waals surface area contributed by atoms with Crippen LogP contribution in [0.25, 0.3) is 0 Å². The molecule has 0 aliphatic carbocycles. The molecule has 2 nitrogen and oxygen atoms in total. The lowest BCUT2D eigenvalue weighted by molar-refractivity contribution is 0.644. The topological polar surface area (TPSA) is 17.8 Å². The van der Waals surface area contributed by atoms with E-state index in [0.29, 0.717) is 4.08 Å². The first-order valence-electron chi connectivity index (χ1n) is 5.49. The van der Waals surface area contributed by atoms with Crippen molar-refractivity contribution in [1.82, 2.24) is 9.55 Å². The van der Waals surface area contributed by atoms with E-state index in [4.69, 9.17) is 0 Å². The van der Waals surface area contributed by atoms with Gasteiger partial charge in [-0.3, -0.25) is 0 Å². The Hall–Kier alpha value is -0.0900. The summed E-state index contributed by atoms with van der Waals surface area (Å²) in [6, 6.07) is 0. The van der Waals surface area contributed by atoms with E-state index in [2.05, 4.69) is 53.1 Å². The summed E-state index contributed by atoms with van der Waals surface area (Å²) in [5.74, 6) is 1.30. The van der Waals surface area contributed by atoms with Crippen molar-refractivity contribution < 1.29 is 0 Å². The van der Waals surface area contributed by atoms with Gasteiger partial charge in [0.1, 0.15) is 0 Å². The minimum Gasteiger partial charge on any atom is -0.335 e. The van der Waals surface area contributed by atoms with Crippen LogP contribution in [0.5, 0.6) is 0 Å². The van der Waals surface area contributed by atoms with Gasteiger partial charge in [0, 0.05) is 24.2 Å². The second kappa shape index (κ2) is 4.83. The van der Waals surface area contributed by atoms with Crippen molar-refractivity contribution in [3.05, 3.63) is 18.7 Å². The smallest absolute Gasteiger partial charge is 0.0946 e. The van der Waals surface area contributed by atoms with Gasteiger partial charge in [-0.1, -0.05) is 6.92 Å². The molecule has 1 aromatic heterocycles. The molecule has 0 radical (unpaired) electrons. The monoisotopic (exact) mass is 242 g/mol. The predicted molar refractivity (Wildman–Crippen MR) is 69.4 cm³/mol. The second-order valence-electron chi connectivity index (χ2n) is 4.15. The number of hydrogen-bond donors (Lipinski definition) is 0. The highest BCUT2D eigenvalue weighted by Gasteiger charge is 2.33. The lowest BCUT2D eigenvalue weighted by atomic mass is 10.3. The molecule has 1 fully saturated rings. The van der Waals surface area contributed by atoms with Crippen molar-refractivity contribution in [2.24, 2.45) is 0 Å². The Kier molecular flexibility index (Phi) is 3.67. The molecule has 0 spiro atoms. The molecule has 1 aromatic rings. The third-order valence-electron chi connectivity index (χ3n) is 2.75. The zero-order chi connectivity index (χ0) is 10.7. The van der Waals surface area contributed by atoms with E-state index in [1.807, 2.05) is 12.5 Å². The highest BCUT2D eigenvalue weighted by molar-refractivity contribution is 8.19. The third-order valence-corrected chi connectivity index (χ3v) is 6.10. The molecular formula is C11H18N2S2. The SMILES string of the molecule is CCC1CCSC(C)(Cn2ccnc2)S1. The van der Waals surface area contributed by atoms with Gasteiger partial charge in [-0.2, -0.15) is 0 Å². The van der Waals surface area contributed by atoms with E-state index in [0.717, 1.165) is 11.8 Å². The summed E-state index contributed by atoms with van der Waals surface area (Å²) in [6.45, 7) is 5.73. The quantitative estimate of drug-likeness (QED) is 0.810. The van der Waals surface area contributed by atoms with Gasteiger partial charge in [0.2, 0.25) is 0 Å². The Bertz CT molecular complexity index is 300. The number of hydrogen-bond acceptors (Lipinski definition) is 3. The second-order valence-corrected chi connectivity index (χ2v) is 7.81. The van der Waals surface area contributed by atoms with Crippen LogP contribution in [0.4, 0.5) is 0 Å². The van der Waals surface area contributed by atoms with Gasteiger partial charge in [0.15, 0.2) is 0 Å². The first-order valence-corrected chi connectivity index (χ1v) is 7.36. The molecule has 2 unspecified atom stereocenters. The molecule has 15 heavy (non-hydrogen) atoms. The number of imidazole rings is 1. The normalized spacial score (nSPS) is 31.7. The standard InChI is InChI=1S/C11H18N2S2/c1-3-10-4-7-14-11(2,15-10)8-13-6-5-12-9-13/h5-6,9-10H,3-4,7-8H2,1-2H3. The molecule has 2 rings (SSSR count). The Balaban J connectivity index is 1.99. The molecule has 2 heterocycles. The Morgan fingerprint density at radius 2 is 2.47 bits per heavy atom. The average molecular weight is 242 g/mol. The molecular weight excluding hydrogens is 224 g/mol. The van der Waals surface area contributed by atoms with Crippen LogP contribution in [0.2, 0.25) is 0 Å². The fourth-order valence-electron chi connectivity index (χ4n) is 1.93. The van der Waals surface area contributed by atoms with Crippen LogP contribution < -0.4 is 0 Å². The lowest BCUT2D eigenvalue weighted by Crippen LogP contribution is -2.30.